The summed E-state index contributed by atoms with van der Waals surface area (Å²) in [5.41, 5.74) is 2.25. The van der Waals surface area contributed by atoms with E-state index in [9.17, 15) is 13.2 Å². The zero-order valence-corrected chi connectivity index (χ0v) is 19.2. The Morgan fingerprint density at radius 3 is 2.44 bits per heavy atom. The maximum Gasteiger partial charge on any atom is 0.251 e. The molecule has 5 rings (SSSR count). The first kappa shape index (κ1) is 22.1. The second-order valence-electron chi connectivity index (χ2n) is 8.23. The lowest BCUT2D eigenvalue weighted by atomic mass is 10.00. The van der Waals surface area contributed by atoms with Crippen LogP contribution in [0.25, 0.3) is 10.8 Å². The van der Waals surface area contributed by atoms with Gasteiger partial charge in [-0.1, -0.05) is 60.7 Å². The predicted octanol–water partition coefficient (Wildman–Crippen LogP) is 4.57. The second kappa shape index (κ2) is 9.29. The standard InChI is InChI=1S/C27H24N2O4S/c30-27(29-25-15-16-33-26-8-4-3-7-24(25)26)21-11-9-19(10-12-21)18-28-34(31,32)23-14-13-20-5-1-2-6-22(20)17-23/h1-14,17,25,28H,15-16,18H2,(H,29,30). The molecular formula is C27H24N2O4S. The smallest absolute Gasteiger partial charge is 0.251 e. The minimum atomic E-state index is -3.67. The number of carbonyl (C=O) groups excluding carboxylic acids is 1. The van der Waals surface area contributed by atoms with Crippen LogP contribution < -0.4 is 14.8 Å². The van der Waals surface area contributed by atoms with E-state index in [1.54, 1.807) is 42.5 Å². The number of benzene rings is 4. The van der Waals surface area contributed by atoms with Gasteiger partial charge in [0.2, 0.25) is 10.0 Å². The molecule has 1 aliphatic rings. The summed E-state index contributed by atoms with van der Waals surface area (Å²) in [7, 11) is -3.67. The van der Waals surface area contributed by atoms with Crippen LogP contribution in [0.15, 0.2) is 95.9 Å². The van der Waals surface area contributed by atoms with Gasteiger partial charge in [0.05, 0.1) is 17.5 Å². The predicted molar refractivity (Wildman–Crippen MR) is 131 cm³/mol. The van der Waals surface area contributed by atoms with Crippen molar-refractivity contribution >= 4 is 26.7 Å². The van der Waals surface area contributed by atoms with Crippen LogP contribution in [-0.4, -0.2) is 20.9 Å². The third kappa shape index (κ3) is 4.66. The van der Waals surface area contributed by atoms with E-state index in [-0.39, 0.29) is 23.4 Å². The molecule has 1 amide bonds. The van der Waals surface area contributed by atoms with Crippen LogP contribution in [-0.2, 0) is 16.6 Å². The summed E-state index contributed by atoms with van der Waals surface area (Å²) >= 11 is 0. The summed E-state index contributed by atoms with van der Waals surface area (Å²) in [6, 6.07) is 27.2. The normalized spacial score (nSPS) is 15.4. The van der Waals surface area contributed by atoms with Crippen molar-refractivity contribution in [1.82, 2.24) is 10.0 Å². The SMILES string of the molecule is O=C(NC1CCOc2ccccc21)c1ccc(CNS(=O)(=O)c2ccc3ccccc3c2)cc1. The minimum absolute atomic E-state index is 0.106. The van der Waals surface area contributed by atoms with E-state index >= 15 is 0 Å². The van der Waals surface area contributed by atoms with E-state index in [2.05, 4.69) is 10.0 Å². The van der Waals surface area contributed by atoms with Gasteiger partial charge in [0.25, 0.3) is 5.91 Å². The highest BCUT2D eigenvalue weighted by atomic mass is 32.2. The van der Waals surface area contributed by atoms with Crippen LogP contribution in [0.2, 0.25) is 0 Å². The molecule has 34 heavy (non-hydrogen) atoms. The van der Waals surface area contributed by atoms with Crippen molar-refractivity contribution in [2.24, 2.45) is 0 Å². The molecule has 0 aliphatic carbocycles. The number of sulfonamides is 1. The lowest BCUT2D eigenvalue weighted by Crippen LogP contribution is -2.32. The largest absolute Gasteiger partial charge is 0.493 e. The summed E-state index contributed by atoms with van der Waals surface area (Å²) in [4.78, 5) is 13.0. The summed E-state index contributed by atoms with van der Waals surface area (Å²) in [6.45, 7) is 0.683. The number of hydrogen-bond acceptors (Lipinski definition) is 4. The monoisotopic (exact) mass is 472 g/mol. The molecule has 172 valence electrons. The average Bonchev–Trinajstić information content (AvgIpc) is 2.88. The van der Waals surface area contributed by atoms with Gasteiger partial charge in [-0.25, -0.2) is 13.1 Å². The molecule has 0 spiro atoms. The Morgan fingerprint density at radius 2 is 1.62 bits per heavy atom. The van der Waals surface area contributed by atoms with Crippen molar-refractivity contribution in [2.45, 2.75) is 23.9 Å². The van der Waals surface area contributed by atoms with E-state index in [1.165, 1.54) is 0 Å². The van der Waals surface area contributed by atoms with Gasteiger partial charge in [-0.05, 0) is 46.7 Å². The highest BCUT2D eigenvalue weighted by Crippen LogP contribution is 2.31. The molecule has 4 aromatic rings. The maximum absolute atomic E-state index is 12.8. The van der Waals surface area contributed by atoms with E-state index in [0.717, 1.165) is 27.6 Å². The van der Waals surface area contributed by atoms with Gasteiger partial charge >= 0.3 is 0 Å². The van der Waals surface area contributed by atoms with E-state index < -0.39 is 10.0 Å². The Labute approximate surface area is 198 Å². The molecule has 1 atom stereocenters. The molecule has 0 fully saturated rings. The van der Waals surface area contributed by atoms with Crippen LogP contribution >= 0.6 is 0 Å². The highest BCUT2D eigenvalue weighted by Gasteiger charge is 2.23. The third-order valence-corrected chi connectivity index (χ3v) is 7.38. The Kier molecular flexibility index (Phi) is 6.04. The van der Waals surface area contributed by atoms with Crippen LogP contribution in [0.5, 0.6) is 5.75 Å². The fourth-order valence-corrected chi connectivity index (χ4v) is 5.16. The molecule has 2 N–H and O–H groups in total. The van der Waals surface area contributed by atoms with E-state index in [4.69, 9.17) is 4.74 Å². The van der Waals surface area contributed by atoms with Gasteiger partial charge in [-0.3, -0.25) is 4.79 Å². The van der Waals surface area contributed by atoms with Crippen molar-refractivity contribution in [3.8, 4) is 5.75 Å². The summed E-state index contributed by atoms with van der Waals surface area (Å²) < 4.78 is 33.8. The van der Waals surface area contributed by atoms with Crippen LogP contribution in [0, 0.1) is 0 Å². The van der Waals surface area contributed by atoms with Crippen molar-refractivity contribution < 1.29 is 17.9 Å². The summed E-state index contributed by atoms with van der Waals surface area (Å²) in [5, 5.41) is 4.93. The van der Waals surface area contributed by atoms with Gasteiger partial charge in [0.15, 0.2) is 0 Å². The molecule has 1 unspecified atom stereocenters. The van der Waals surface area contributed by atoms with Gasteiger partial charge in [0.1, 0.15) is 5.75 Å². The zero-order valence-electron chi connectivity index (χ0n) is 18.4. The lowest BCUT2D eigenvalue weighted by molar-refractivity contribution is 0.0924. The number of para-hydroxylation sites is 1. The Morgan fingerprint density at radius 1 is 0.882 bits per heavy atom. The number of ether oxygens (including phenoxy) is 1. The first-order valence-electron chi connectivity index (χ1n) is 11.1. The maximum atomic E-state index is 12.8. The molecule has 0 radical (unpaired) electrons. The first-order valence-corrected chi connectivity index (χ1v) is 12.6. The van der Waals surface area contributed by atoms with Crippen LogP contribution in [0.3, 0.4) is 0 Å². The topological polar surface area (TPSA) is 84.5 Å². The molecule has 0 saturated carbocycles. The summed E-state index contributed by atoms with van der Waals surface area (Å²) in [6.07, 6.45) is 0.706. The fourth-order valence-electron chi connectivity index (χ4n) is 4.10. The van der Waals surface area contributed by atoms with Crippen LogP contribution in [0.1, 0.15) is 33.9 Å². The highest BCUT2D eigenvalue weighted by molar-refractivity contribution is 7.89. The van der Waals surface area contributed by atoms with Gasteiger partial charge in [-0.15, -0.1) is 0 Å². The minimum Gasteiger partial charge on any atom is -0.493 e. The van der Waals surface area contributed by atoms with Gasteiger partial charge in [-0.2, -0.15) is 0 Å². The summed E-state index contributed by atoms with van der Waals surface area (Å²) in [5.74, 6) is 0.623. The number of amides is 1. The third-order valence-electron chi connectivity index (χ3n) is 5.98. The van der Waals surface area contributed by atoms with Crippen molar-refractivity contribution in [2.75, 3.05) is 6.61 Å². The second-order valence-corrected chi connectivity index (χ2v) is 10.00. The van der Waals surface area contributed by atoms with E-state index in [0.29, 0.717) is 18.6 Å². The number of fused-ring (bicyclic) bond motifs is 2. The van der Waals surface area contributed by atoms with E-state index in [1.807, 2.05) is 48.5 Å². The molecule has 0 aromatic heterocycles. The number of carbonyl (C=O) groups is 1. The fraction of sp³-hybridized carbons (Fsp3) is 0.148. The molecule has 0 saturated heterocycles. The van der Waals surface area contributed by atoms with Crippen molar-refractivity contribution in [3.05, 3.63) is 108 Å². The molecule has 7 heteroatoms. The molecule has 6 nitrogen and oxygen atoms in total. The Balaban J connectivity index is 1.23. The molecule has 4 aromatic carbocycles. The number of hydrogen-bond donors (Lipinski definition) is 2. The van der Waals surface area contributed by atoms with Gasteiger partial charge < -0.3 is 10.1 Å². The molecular weight excluding hydrogens is 448 g/mol. The first-order chi connectivity index (χ1) is 16.5. The molecule has 1 heterocycles. The molecule has 0 bridgehead atoms. The van der Waals surface area contributed by atoms with Gasteiger partial charge in [0, 0.05) is 24.1 Å². The Bertz CT molecular complexity index is 1450. The Hall–Kier alpha value is -3.68. The average molecular weight is 473 g/mol. The van der Waals surface area contributed by atoms with Crippen molar-refractivity contribution in [3.63, 3.8) is 0 Å². The van der Waals surface area contributed by atoms with Crippen molar-refractivity contribution in [1.29, 1.82) is 0 Å². The lowest BCUT2D eigenvalue weighted by Gasteiger charge is -2.26. The zero-order chi connectivity index (χ0) is 23.5. The number of rotatable bonds is 6. The molecule has 1 aliphatic heterocycles. The quantitative estimate of drug-likeness (QED) is 0.431. The van der Waals surface area contributed by atoms with Crippen LogP contribution in [0.4, 0.5) is 0 Å². The number of nitrogens with one attached hydrogen (secondary N) is 2.